The van der Waals surface area contributed by atoms with Crippen LogP contribution in [0.3, 0.4) is 0 Å². The zero-order valence-electron chi connectivity index (χ0n) is 18.2. The fourth-order valence-corrected chi connectivity index (χ4v) is 4.64. The lowest BCUT2D eigenvalue weighted by atomic mass is 10.0. The van der Waals surface area contributed by atoms with E-state index in [4.69, 9.17) is 0 Å². The number of nitrogens with zero attached hydrogens (tertiary/aromatic N) is 1. The smallest absolute Gasteiger partial charge is 0.228 e. The van der Waals surface area contributed by atoms with Crippen molar-refractivity contribution in [1.82, 2.24) is 4.98 Å². The molecule has 3 nitrogen and oxygen atoms in total. The molecule has 0 aliphatic carbocycles. The summed E-state index contributed by atoms with van der Waals surface area (Å²) in [6.07, 6.45) is 0.265. The van der Waals surface area contributed by atoms with E-state index in [-0.39, 0.29) is 18.1 Å². The molecule has 1 heterocycles. The van der Waals surface area contributed by atoms with Gasteiger partial charge in [-0.15, -0.1) is 11.3 Å². The number of anilines is 1. The van der Waals surface area contributed by atoms with E-state index in [2.05, 4.69) is 22.4 Å². The standard InChI is InChI=1S/C29H21FN2OS/c30-25-12-6-4-10-23(25)29-32-27(19-34-29)24-11-5-7-13-26(24)31-28(33)18-20-14-16-22(17-15-20)21-8-2-1-3-9-21/h1-17,19H,18H2,(H,31,33). The third-order valence-corrected chi connectivity index (χ3v) is 6.39. The van der Waals surface area contributed by atoms with Gasteiger partial charge in [-0.05, 0) is 34.9 Å². The third kappa shape index (κ3) is 4.80. The maximum absolute atomic E-state index is 14.2. The number of carbonyl (C=O) groups excluding carboxylic acids is 1. The first-order valence-corrected chi connectivity index (χ1v) is 11.8. The van der Waals surface area contributed by atoms with Crippen molar-refractivity contribution >= 4 is 22.9 Å². The number of hydrogen-bond donors (Lipinski definition) is 1. The van der Waals surface area contributed by atoms with Crippen LogP contribution in [-0.2, 0) is 11.2 Å². The second kappa shape index (κ2) is 9.81. The molecule has 166 valence electrons. The van der Waals surface area contributed by atoms with Gasteiger partial charge in [0.2, 0.25) is 5.91 Å². The Morgan fingerprint density at radius 2 is 1.41 bits per heavy atom. The Bertz CT molecular complexity index is 1430. The second-order valence-electron chi connectivity index (χ2n) is 7.85. The molecule has 5 aromatic rings. The third-order valence-electron chi connectivity index (χ3n) is 5.51. The highest BCUT2D eigenvalue weighted by Gasteiger charge is 2.14. The molecule has 0 saturated heterocycles. The Morgan fingerprint density at radius 1 is 0.765 bits per heavy atom. The van der Waals surface area contributed by atoms with Crippen molar-refractivity contribution in [1.29, 1.82) is 0 Å². The molecule has 0 atom stereocenters. The predicted octanol–water partition coefficient (Wildman–Crippen LogP) is 7.46. The Kier molecular flexibility index (Phi) is 6.27. The predicted molar refractivity (Wildman–Crippen MR) is 137 cm³/mol. The lowest BCUT2D eigenvalue weighted by Crippen LogP contribution is -2.15. The summed E-state index contributed by atoms with van der Waals surface area (Å²) in [6, 6.07) is 32.3. The number of nitrogens with one attached hydrogen (secondary N) is 1. The average molecular weight is 465 g/mol. The highest BCUT2D eigenvalue weighted by molar-refractivity contribution is 7.13. The van der Waals surface area contributed by atoms with E-state index in [1.54, 1.807) is 18.2 Å². The molecule has 1 aromatic heterocycles. The first-order valence-electron chi connectivity index (χ1n) is 10.9. The van der Waals surface area contributed by atoms with E-state index in [0.717, 1.165) is 22.3 Å². The number of hydrogen-bond acceptors (Lipinski definition) is 3. The number of benzene rings is 4. The molecule has 34 heavy (non-hydrogen) atoms. The number of carbonyl (C=O) groups is 1. The number of rotatable bonds is 6. The van der Waals surface area contributed by atoms with Crippen molar-refractivity contribution in [2.45, 2.75) is 6.42 Å². The van der Waals surface area contributed by atoms with E-state index < -0.39 is 0 Å². The first kappa shape index (κ1) is 21.7. The van der Waals surface area contributed by atoms with E-state index in [9.17, 15) is 9.18 Å². The second-order valence-corrected chi connectivity index (χ2v) is 8.71. The molecular weight excluding hydrogens is 443 g/mol. The summed E-state index contributed by atoms with van der Waals surface area (Å²) in [5.41, 5.74) is 5.85. The topological polar surface area (TPSA) is 42.0 Å². The quantitative estimate of drug-likeness (QED) is 0.283. The van der Waals surface area contributed by atoms with E-state index >= 15 is 0 Å². The van der Waals surface area contributed by atoms with E-state index in [1.165, 1.54) is 17.4 Å². The summed E-state index contributed by atoms with van der Waals surface area (Å²) in [5.74, 6) is -0.410. The van der Waals surface area contributed by atoms with Gasteiger partial charge >= 0.3 is 0 Å². The molecule has 1 amide bonds. The van der Waals surface area contributed by atoms with Gasteiger partial charge in [-0.2, -0.15) is 0 Å². The fourth-order valence-electron chi connectivity index (χ4n) is 3.80. The van der Waals surface area contributed by atoms with Crippen molar-refractivity contribution in [3.8, 4) is 33.0 Å². The zero-order valence-corrected chi connectivity index (χ0v) is 19.1. The van der Waals surface area contributed by atoms with Crippen LogP contribution in [0.25, 0.3) is 33.0 Å². The van der Waals surface area contributed by atoms with Crippen molar-refractivity contribution < 1.29 is 9.18 Å². The van der Waals surface area contributed by atoms with Crippen LogP contribution >= 0.6 is 11.3 Å². The minimum atomic E-state index is -0.303. The van der Waals surface area contributed by atoms with Crippen molar-refractivity contribution in [2.75, 3.05) is 5.32 Å². The van der Waals surface area contributed by atoms with Crippen LogP contribution in [0.1, 0.15) is 5.56 Å². The zero-order chi connectivity index (χ0) is 23.3. The van der Waals surface area contributed by atoms with Crippen LogP contribution < -0.4 is 5.32 Å². The monoisotopic (exact) mass is 464 g/mol. The fraction of sp³-hybridized carbons (Fsp3) is 0.0345. The molecule has 5 rings (SSSR count). The van der Waals surface area contributed by atoms with Gasteiger partial charge < -0.3 is 5.32 Å². The molecular formula is C29H21FN2OS. The van der Waals surface area contributed by atoms with Gasteiger partial charge in [0.1, 0.15) is 10.8 Å². The maximum Gasteiger partial charge on any atom is 0.228 e. The number of halogens is 1. The summed E-state index contributed by atoms with van der Waals surface area (Å²) in [7, 11) is 0. The molecule has 0 aliphatic rings. The first-order chi connectivity index (χ1) is 16.7. The Labute approximate surface area is 201 Å². The van der Waals surface area contributed by atoms with Gasteiger partial charge in [0.15, 0.2) is 0 Å². The molecule has 4 aromatic carbocycles. The number of amides is 1. The van der Waals surface area contributed by atoms with Crippen LogP contribution in [0, 0.1) is 5.82 Å². The summed E-state index contributed by atoms with van der Waals surface area (Å²) < 4.78 is 14.2. The number of thiazole rings is 1. The summed E-state index contributed by atoms with van der Waals surface area (Å²) in [4.78, 5) is 17.4. The molecule has 0 aliphatic heterocycles. The van der Waals surface area contributed by atoms with Crippen molar-refractivity contribution in [2.24, 2.45) is 0 Å². The van der Waals surface area contributed by atoms with Gasteiger partial charge in [-0.1, -0.05) is 84.9 Å². The Morgan fingerprint density at radius 3 is 2.18 bits per heavy atom. The summed E-state index contributed by atoms with van der Waals surface area (Å²) >= 11 is 1.38. The number of aromatic nitrogens is 1. The minimum Gasteiger partial charge on any atom is -0.325 e. The minimum absolute atomic E-state index is 0.107. The van der Waals surface area contributed by atoms with Gasteiger partial charge in [0.05, 0.1) is 17.8 Å². The Hall–Kier alpha value is -4.09. The van der Waals surface area contributed by atoms with E-state index in [0.29, 0.717) is 22.0 Å². The molecule has 0 saturated carbocycles. The van der Waals surface area contributed by atoms with E-state index in [1.807, 2.05) is 72.1 Å². The van der Waals surface area contributed by atoms with Gasteiger partial charge in [-0.3, -0.25) is 4.79 Å². The molecule has 0 fully saturated rings. The van der Waals surface area contributed by atoms with Crippen LogP contribution in [0.5, 0.6) is 0 Å². The van der Waals surface area contributed by atoms with Gasteiger partial charge in [-0.25, -0.2) is 9.37 Å². The molecule has 0 unspecified atom stereocenters. The normalized spacial score (nSPS) is 10.7. The SMILES string of the molecule is O=C(Cc1ccc(-c2ccccc2)cc1)Nc1ccccc1-c1csc(-c2ccccc2F)n1. The van der Waals surface area contributed by atoms with Crippen LogP contribution in [0.4, 0.5) is 10.1 Å². The average Bonchev–Trinajstić information content (AvgIpc) is 3.35. The van der Waals surface area contributed by atoms with Crippen LogP contribution in [0.2, 0.25) is 0 Å². The number of para-hydroxylation sites is 1. The Balaban J connectivity index is 1.32. The molecule has 0 bridgehead atoms. The lowest BCUT2D eigenvalue weighted by Gasteiger charge is -2.10. The lowest BCUT2D eigenvalue weighted by molar-refractivity contribution is -0.115. The highest BCUT2D eigenvalue weighted by atomic mass is 32.1. The van der Waals surface area contributed by atoms with Crippen LogP contribution in [-0.4, -0.2) is 10.9 Å². The summed E-state index contributed by atoms with van der Waals surface area (Å²) in [6.45, 7) is 0. The largest absolute Gasteiger partial charge is 0.325 e. The maximum atomic E-state index is 14.2. The van der Waals surface area contributed by atoms with Crippen molar-refractivity contribution in [3.63, 3.8) is 0 Å². The summed E-state index contributed by atoms with van der Waals surface area (Å²) in [5, 5.41) is 5.50. The van der Waals surface area contributed by atoms with Gasteiger partial charge in [0.25, 0.3) is 0 Å². The molecule has 1 N–H and O–H groups in total. The molecule has 5 heteroatoms. The van der Waals surface area contributed by atoms with Crippen LogP contribution in [0.15, 0.2) is 109 Å². The molecule has 0 spiro atoms. The highest BCUT2D eigenvalue weighted by Crippen LogP contribution is 2.33. The molecule has 0 radical (unpaired) electrons. The van der Waals surface area contributed by atoms with Gasteiger partial charge in [0, 0.05) is 16.5 Å². The van der Waals surface area contributed by atoms with Crippen molar-refractivity contribution in [3.05, 3.63) is 120 Å².